The van der Waals surface area contributed by atoms with Gasteiger partial charge in [-0.2, -0.15) is 5.26 Å². The zero-order valence-electron chi connectivity index (χ0n) is 14.6. The average molecular weight is 352 g/mol. The van der Waals surface area contributed by atoms with Crippen molar-refractivity contribution in [2.75, 3.05) is 18.0 Å². The number of ether oxygens (including phenoxy) is 1. The van der Waals surface area contributed by atoms with E-state index in [0.717, 1.165) is 0 Å². The summed E-state index contributed by atoms with van der Waals surface area (Å²) in [5.74, 6) is 0.592. The first-order valence-corrected chi connectivity index (χ1v) is 8.19. The number of amides is 1. The van der Waals surface area contributed by atoms with E-state index >= 15 is 0 Å². The smallest absolute Gasteiger partial charge is 0.410 e. The van der Waals surface area contributed by atoms with Gasteiger partial charge in [0.05, 0.1) is 12.1 Å². The van der Waals surface area contributed by atoms with E-state index in [0.29, 0.717) is 18.9 Å². The number of halogens is 1. The van der Waals surface area contributed by atoms with E-state index in [1.807, 2.05) is 45.6 Å². The van der Waals surface area contributed by atoms with Crippen LogP contribution >= 0.6 is 11.6 Å². The van der Waals surface area contributed by atoms with Crippen LogP contribution in [-0.4, -0.2) is 51.7 Å². The van der Waals surface area contributed by atoms with Crippen molar-refractivity contribution in [1.29, 1.82) is 5.26 Å². The molecule has 1 aromatic heterocycles. The second kappa shape index (κ2) is 6.81. The van der Waals surface area contributed by atoms with Crippen molar-refractivity contribution in [3.05, 3.63) is 17.0 Å². The number of anilines is 1. The van der Waals surface area contributed by atoms with Crippen LogP contribution < -0.4 is 4.90 Å². The summed E-state index contributed by atoms with van der Waals surface area (Å²) in [4.78, 5) is 24.2. The molecule has 24 heavy (non-hydrogen) atoms. The quantitative estimate of drug-likeness (QED) is 0.723. The van der Waals surface area contributed by atoms with Crippen molar-refractivity contribution in [3.63, 3.8) is 0 Å². The van der Waals surface area contributed by atoms with Gasteiger partial charge in [-0.25, -0.2) is 14.8 Å². The number of hydrogen-bond donors (Lipinski definition) is 0. The van der Waals surface area contributed by atoms with Crippen LogP contribution in [0.15, 0.2) is 6.07 Å². The summed E-state index contributed by atoms with van der Waals surface area (Å²) in [7, 11) is 0. The molecule has 0 N–H and O–H groups in total. The van der Waals surface area contributed by atoms with Crippen molar-refractivity contribution in [3.8, 4) is 6.07 Å². The van der Waals surface area contributed by atoms with E-state index in [1.54, 1.807) is 11.0 Å². The molecule has 1 aliphatic heterocycles. The lowest BCUT2D eigenvalue weighted by atomic mass is 10.1. The molecule has 0 unspecified atom stereocenters. The van der Waals surface area contributed by atoms with Crippen LogP contribution in [0.2, 0.25) is 5.28 Å². The number of rotatable bonds is 1. The Balaban J connectivity index is 2.17. The lowest BCUT2D eigenvalue weighted by molar-refractivity contribution is 0.00560. The molecule has 0 bridgehead atoms. The standard InChI is InChI=1S/C16H22ClN5O2/c1-10-8-21(13-6-12(7-18)19-14(17)20-13)9-11(2)22(10)15(23)24-16(3,4)5/h6,10-11H,8-9H2,1-5H3/t10-,11-/m1/s1. The molecule has 2 rings (SSSR count). The molecular formula is C16H22ClN5O2. The highest BCUT2D eigenvalue weighted by Crippen LogP contribution is 2.24. The van der Waals surface area contributed by atoms with Crippen LogP contribution in [0.25, 0.3) is 0 Å². The summed E-state index contributed by atoms with van der Waals surface area (Å²) in [5, 5.41) is 9.07. The van der Waals surface area contributed by atoms with Crippen LogP contribution in [0.4, 0.5) is 10.6 Å². The molecule has 130 valence electrons. The van der Waals surface area contributed by atoms with Crippen molar-refractivity contribution >= 4 is 23.5 Å². The largest absolute Gasteiger partial charge is 0.444 e. The van der Waals surface area contributed by atoms with Gasteiger partial charge in [-0.15, -0.1) is 0 Å². The molecule has 1 aromatic rings. The fourth-order valence-corrected chi connectivity index (χ4v) is 2.99. The van der Waals surface area contributed by atoms with E-state index < -0.39 is 5.60 Å². The van der Waals surface area contributed by atoms with Gasteiger partial charge in [0.25, 0.3) is 0 Å². The fourth-order valence-electron chi connectivity index (χ4n) is 2.81. The Kier molecular flexibility index (Phi) is 5.19. The van der Waals surface area contributed by atoms with Crippen LogP contribution in [0, 0.1) is 11.3 Å². The van der Waals surface area contributed by atoms with Crippen molar-refractivity contribution < 1.29 is 9.53 Å². The molecule has 7 nitrogen and oxygen atoms in total. The molecule has 0 saturated carbocycles. The summed E-state index contributed by atoms with van der Waals surface area (Å²) in [6, 6.07) is 3.45. The van der Waals surface area contributed by atoms with E-state index in [2.05, 4.69) is 9.97 Å². The van der Waals surface area contributed by atoms with Crippen LogP contribution in [-0.2, 0) is 4.74 Å². The summed E-state index contributed by atoms with van der Waals surface area (Å²) in [6.07, 6.45) is -0.319. The van der Waals surface area contributed by atoms with Crippen molar-refractivity contribution in [2.45, 2.75) is 52.3 Å². The zero-order valence-corrected chi connectivity index (χ0v) is 15.3. The van der Waals surface area contributed by atoms with Gasteiger partial charge in [-0.3, -0.25) is 4.90 Å². The summed E-state index contributed by atoms with van der Waals surface area (Å²) in [6.45, 7) is 10.6. The number of piperazine rings is 1. The van der Waals surface area contributed by atoms with E-state index in [1.165, 1.54) is 0 Å². The third-order valence-corrected chi connectivity index (χ3v) is 3.82. The Morgan fingerprint density at radius 2 is 1.92 bits per heavy atom. The molecule has 2 atom stereocenters. The fraction of sp³-hybridized carbons (Fsp3) is 0.625. The van der Waals surface area contributed by atoms with E-state index in [4.69, 9.17) is 21.6 Å². The van der Waals surface area contributed by atoms with Gasteiger partial charge in [0.1, 0.15) is 23.2 Å². The molecule has 0 aliphatic carbocycles. The normalized spacial score (nSPS) is 21.4. The van der Waals surface area contributed by atoms with Crippen LogP contribution in [0.1, 0.15) is 40.3 Å². The van der Waals surface area contributed by atoms with E-state index in [9.17, 15) is 4.79 Å². The maximum atomic E-state index is 12.4. The Morgan fingerprint density at radius 3 is 2.42 bits per heavy atom. The van der Waals surface area contributed by atoms with Crippen molar-refractivity contribution in [2.24, 2.45) is 0 Å². The highest BCUT2D eigenvalue weighted by atomic mass is 35.5. The summed E-state index contributed by atoms with van der Waals surface area (Å²) in [5.41, 5.74) is -0.310. The SMILES string of the molecule is C[C@@H]1CN(c2cc(C#N)nc(Cl)n2)C[C@@H](C)N1C(=O)OC(C)(C)C. The minimum atomic E-state index is -0.532. The Morgan fingerprint density at radius 1 is 1.33 bits per heavy atom. The Labute approximate surface area is 147 Å². The third-order valence-electron chi connectivity index (χ3n) is 3.65. The number of nitriles is 1. The van der Waals surface area contributed by atoms with Gasteiger partial charge in [0, 0.05) is 19.2 Å². The molecular weight excluding hydrogens is 330 g/mol. The molecule has 1 fully saturated rings. The summed E-state index contributed by atoms with van der Waals surface area (Å²) >= 11 is 5.89. The summed E-state index contributed by atoms with van der Waals surface area (Å²) < 4.78 is 5.49. The predicted octanol–water partition coefficient (Wildman–Crippen LogP) is 2.84. The number of aromatic nitrogens is 2. The zero-order chi connectivity index (χ0) is 18.1. The molecule has 0 spiro atoms. The number of carbonyl (C=O) groups excluding carboxylic acids is 1. The van der Waals surface area contributed by atoms with Gasteiger partial charge in [0.15, 0.2) is 0 Å². The Hall–Kier alpha value is -2.07. The molecule has 8 heteroatoms. The Bertz CT molecular complexity index is 655. The molecule has 1 amide bonds. The maximum absolute atomic E-state index is 12.4. The number of hydrogen-bond acceptors (Lipinski definition) is 6. The predicted molar refractivity (Wildman–Crippen MR) is 91.0 cm³/mol. The van der Waals surface area contributed by atoms with Gasteiger partial charge >= 0.3 is 6.09 Å². The van der Waals surface area contributed by atoms with Crippen LogP contribution in [0.5, 0.6) is 0 Å². The van der Waals surface area contributed by atoms with E-state index in [-0.39, 0.29) is 29.2 Å². The third kappa shape index (κ3) is 4.26. The molecule has 0 aromatic carbocycles. The molecule has 1 saturated heterocycles. The molecule has 1 aliphatic rings. The molecule has 0 radical (unpaired) electrons. The average Bonchev–Trinajstić information content (AvgIpc) is 2.43. The highest BCUT2D eigenvalue weighted by molar-refractivity contribution is 6.28. The first kappa shape index (κ1) is 18.3. The molecule has 2 heterocycles. The second-order valence-corrected chi connectivity index (χ2v) is 7.32. The minimum absolute atomic E-state index is 0.0407. The van der Waals surface area contributed by atoms with Crippen molar-refractivity contribution in [1.82, 2.24) is 14.9 Å². The minimum Gasteiger partial charge on any atom is -0.444 e. The number of nitrogens with zero attached hydrogens (tertiary/aromatic N) is 5. The van der Waals surface area contributed by atoms with Gasteiger partial charge in [0.2, 0.25) is 5.28 Å². The topological polar surface area (TPSA) is 82.4 Å². The van der Waals surface area contributed by atoms with Crippen LogP contribution in [0.3, 0.4) is 0 Å². The monoisotopic (exact) mass is 351 g/mol. The first-order valence-electron chi connectivity index (χ1n) is 7.81. The van der Waals surface area contributed by atoms with Gasteiger partial charge in [-0.05, 0) is 46.2 Å². The lowest BCUT2D eigenvalue weighted by Crippen LogP contribution is -2.59. The lowest BCUT2D eigenvalue weighted by Gasteiger charge is -2.44. The van der Waals surface area contributed by atoms with Gasteiger partial charge < -0.3 is 9.64 Å². The number of carbonyl (C=O) groups is 1. The maximum Gasteiger partial charge on any atom is 0.410 e. The first-order chi connectivity index (χ1) is 11.1. The highest BCUT2D eigenvalue weighted by Gasteiger charge is 2.36. The second-order valence-electron chi connectivity index (χ2n) is 6.98. The van der Waals surface area contributed by atoms with Gasteiger partial charge in [-0.1, -0.05) is 0 Å².